The first kappa shape index (κ1) is 16.0. The molecule has 6 nitrogen and oxygen atoms in total. The van der Waals surface area contributed by atoms with Crippen LogP contribution in [-0.2, 0) is 6.54 Å². The Labute approximate surface area is 139 Å². The highest BCUT2D eigenvalue weighted by molar-refractivity contribution is 6.33. The van der Waals surface area contributed by atoms with Crippen molar-refractivity contribution in [1.82, 2.24) is 15.0 Å². The lowest BCUT2D eigenvalue weighted by Crippen LogP contribution is -2.34. The predicted molar refractivity (Wildman–Crippen MR) is 84.7 cm³/mol. The van der Waals surface area contributed by atoms with Gasteiger partial charge in [0.1, 0.15) is 0 Å². The molecule has 1 aliphatic rings. The smallest absolute Gasteiger partial charge is 0.337 e. The van der Waals surface area contributed by atoms with Crippen molar-refractivity contribution in [1.29, 1.82) is 0 Å². The fourth-order valence-corrected chi connectivity index (χ4v) is 3.25. The zero-order valence-electron chi connectivity index (χ0n) is 12.8. The number of halogens is 1. The Kier molecular flexibility index (Phi) is 4.63. The number of carboxylic acid groups (broad SMARTS) is 1. The topological polar surface area (TPSA) is 79.5 Å². The van der Waals surface area contributed by atoms with Gasteiger partial charge in [-0.25, -0.2) is 4.79 Å². The molecule has 1 N–H and O–H groups in total. The Hall–Kier alpha value is -1.92. The van der Waals surface area contributed by atoms with Gasteiger partial charge < -0.3 is 9.63 Å². The minimum atomic E-state index is -1.01. The Morgan fingerprint density at radius 2 is 2.35 bits per heavy atom. The molecule has 1 unspecified atom stereocenters. The van der Waals surface area contributed by atoms with Crippen LogP contribution in [0.1, 0.15) is 46.4 Å². The molecule has 1 aromatic carbocycles. The molecule has 0 radical (unpaired) electrons. The summed E-state index contributed by atoms with van der Waals surface area (Å²) in [4.78, 5) is 17.6. The summed E-state index contributed by atoms with van der Waals surface area (Å²) in [5.41, 5.74) is 1.13. The van der Waals surface area contributed by atoms with E-state index in [0.717, 1.165) is 38.0 Å². The van der Waals surface area contributed by atoms with Crippen molar-refractivity contribution in [2.24, 2.45) is 0 Å². The van der Waals surface area contributed by atoms with Crippen molar-refractivity contribution in [2.45, 2.75) is 32.2 Å². The molecule has 7 heteroatoms. The maximum atomic E-state index is 11.0. The van der Waals surface area contributed by atoms with Gasteiger partial charge in [-0.05, 0) is 44.0 Å². The number of likely N-dealkylation sites (tertiary alicyclic amines) is 1. The Bertz CT molecular complexity index is 716. The summed E-state index contributed by atoms with van der Waals surface area (Å²) in [5, 5.41) is 13.2. The monoisotopic (exact) mass is 335 g/mol. The van der Waals surface area contributed by atoms with Gasteiger partial charge in [0, 0.05) is 13.1 Å². The number of piperidine rings is 1. The van der Waals surface area contributed by atoms with Gasteiger partial charge in [-0.1, -0.05) is 22.8 Å². The molecule has 0 spiro atoms. The van der Waals surface area contributed by atoms with E-state index in [1.165, 1.54) is 0 Å². The molecule has 1 aliphatic heterocycles. The number of aryl methyl sites for hydroxylation is 1. The average Bonchev–Trinajstić information content (AvgIpc) is 2.94. The molecule has 23 heavy (non-hydrogen) atoms. The maximum Gasteiger partial charge on any atom is 0.337 e. The fraction of sp³-hybridized carbons (Fsp3) is 0.438. The second-order valence-corrected chi connectivity index (χ2v) is 6.28. The quantitative estimate of drug-likeness (QED) is 0.924. The second-order valence-electron chi connectivity index (χ2n) is 5.87. The SMILES string of the molecule is Cc1noc(C2CCCN(Cc3ccc(C(=O)O)c(Cl)c3)C2)n1. The number of carbonyl (C=O) groups is 1. The van der Waals surface area contributed by atoms with Gasteiger partial charge in [0.25, 0.3) is 0 Å². The molecule has 0 amide bonds. The summed E-state index contributed by atoms with van der Waals surface area (Å²) in [6.45, 7) is 4.38. The number of aromatic carboxylic acids is 1. The number of hydrogen-bond donors (Lipinski definition) is 1. The van der Waals surface area contributed by atoms with Crippen LogP contribution < -0.4 is 0 Å². The lowest BCUT2D eigenvalue weighted by atomic mass is 9.97. The zero-order chi connectivity index (χ0) is 16.4. The molecule has 0 saturated carbocycles. The molecule has 1 atom stereocenters. The Morgan fingerprint density at radius 3 is 3.00 bits per heavy atom. The van der Waals surface area contributed by atoms with Crippen LogP contribution in [0, 0.1) is 6.92 Å². The summed E-state index contributed by atoms with van der Waals surface area (Å²) in [6, 6.07) is 5.10. The number of nitrogens with zero attached hydrogens (tertiary/aromatic N) is 3. The van der Waals surface area contributed by atoms with E-state index in [0.29, 0.717) is 11.7 Å². The lowest BCUT2D eigenvalue weighted by molar-refractivity contribution is 0.0697. The molecule has 1 aromatic heterocycles. The van der Waals surface area contributed by atoms with E-state index in [9.17, 15) is 4.79 Å². The highest BCUT2D eigenvalue weighted by Gasteiger charge is 2.25. The molecule has 0 bridgehead atoms. The summed E-state index contributed by atoms with van der Waals surface area (Å²) >= 11 is 6.04. The maximum absolute atomic E-state index is 11.0. The van der Waals surface area contributed by atoms with E-state index in [-0.39, 0.29) is 16.5 Å². The van der Waals surface area contributed by atoms with Crippen LogP contribution in [0.5, 0.6) is 0 Å². The Balaban J connectivity index is 1.68. The van der Waals surface area contributed by atoms with E-state index in [4.69, 9.17) is 21.2 Å². The Morgan fingerprint density at radius 1 is 1.52 bits per heavy atom. The number of rotatable bonds is 4. The highest BCUT2D eigenvalue weighted by atomic mass is 35.5. The van der Waals surface area contributed by atoms with E-state index in [2.05, 4.69) is 15.0 Å². The van der Waals surface area contributed by atoms with E-state index in [1.807, 2.05) is 13.0 Å². The molecule has 2 aromatic rings. The van der Waals surface area contributed by atoms with Crippen LogP contribution in [0.3, 0.4) is 0 Å². The van der Waals surface area contributed by atoms with Crippen molar-refractivity contribution in [3.05, 3.63) is 46.1 Å². The summed E-state index contributed by atoms with van der Waals surface area (Å²) in [5.74, 6) is 0.602. The molecule has 2 heterocycles. The minimum absolute atomic E-state index is 0.133. The average molecular weight is 336 g/mol. The summed E-state index contributed by atoms with van der Waals surface area (Å²) < 4.78 is 5.29. The van der Waals surface area contributed by atoms with Crippen molar-refractivity contribution < 1.29 is 14.4 Å². The van der Waals surface area contributed by atoms with Crippen LogP contribution in [0.25, 0.3) is 0 Å². The number of aromatic nitrogens is 2. The third kappa shape index (κ3) is 3.71. The third-order valence-electron chi connectivity index (χ3n) is 4.07. The molecular weight excluding hydrogens is 318 g/mol. The van der Waals surface area contributed by atoms with Crippen LogP contribution >= 0.6 is 11.6 Å². The molecule has 1 fully saturated rings. The normalized spacial score (nSPS) is 19.0. The zero-order valence-corrected chi connectivity index (χ0v) is 13.6. The van der Waals surface area contributed by atoms with Crippen molar-refractivity contribution in [3.63, 3.8) is 0 Å². The second kappa shape index (κ2) is 6.68. The molecule has 3 rings (SSSR count). The van der Waals surface area contributed by atoms with Crippen LogP contribution in [0.4, 0.5) is 0 Å². The van der Waals surface area contributed by atoms with Crippen molar-refractivity contribution in [2.75, 3.05) is 13.1 Å². The molecule has 1 saturated heterocycles. The third-order valence-corrected chi connectivity index (χ3v) is 4.38. The molecule has 0 aliphatic carbocycles. The van der Waals surface area contributed by atoms with Gasteiger partial charge in [0.2, 0.25) is 5.89 Å². The molecule has 122 valence electrons. The van der Waals surface area contributed by atoms with Gasteiger partial charge in [0.05, 0.1) is 16.5 Å². The van der Waals surface area contributed by atoms with Crippen molar-refractivity contribution in [3.8, 4) is 0 Å². The first-order chi connectivity index (χ1) is 11.0. The fourth-order valence-electron chi connectivity index (χ4n) is 2.97. The van der Waals surface area contributed by atoms with Gasteiger partial charge >= 0.3 is 5.97 Å². The van der Waals surface area contributed by atoms with Crippen LogP contribution in [-0.4, -0.2) is 39.2 Å². The van der Waals surface area contributed by atoms with E-state index in [1.54, 1.807) is 12.1 Å². The number of carboxylic acids is 1. The van der Waals surface area contributed by atoms with Gasteiger partial charge in [-0.2, -0.15) is 4.98 Å². The molecular formula is C16H18ClN3O3. The number of benzene rings is 1. The van der Waals surface area contributed by atoms with Gasteiger partial charge in [-0.3, -0.25) is 4.90 Å². The summed E-state index contributed by atoms with van der Waals surface area (Å²) in [7, 11) is 0. The van der Waals surface area contributed by atoms with Gasteiger partial charge in [0.15, 0.2) is 5.82 Å². The van der Waals surface area contributed by atoms with E-state index >= 15 is 0 Å². The minimum Gasteiger partial charge on any atom is -0.478 e. The first-order valence-electron chi connectivity index (χ1n) is 7.57. The lowest BCUT2D eigenvalue weighted by Gasteiger charge is -2.31. The van der Waals surface area contributed by atoms with E-state index < -0.39 is 5.97 Å². The first-order valence-corrected chi connectivity index (χ1v) is 7.95. The standard InChI is InChI=1S/C16H18ClN3O3/c1-10-18-15(23-19-10)12-3-2-6-20(9-12)8-11-4-5-13(16(21)22)14(17)7-11/h4-5,7,12H,2-3,6,8-9H2,1H3,(H,21,22). The van der Waals surface area contributed by atoms with Gasteiger partial charge in [-0.15, -0.1) is 0 Å². The highest BCUT2D eigenvalue weighted by Crippen LogP contribution is 2.27. The largest absolute Gasteiger partial charge is 0.478 e. The van der Waals surface area contributed by atoms with Crippen molar-refractivity contribution >= 4 is 17.6 Å². The number of hydrogen-bond acceptors (Lipinski definition) is 5. The predicted octanol–water partition coefficient (Wildman–Crippen LogP) is 3.11. The summed E-state index contributed by atoms with van der Waals surface area (Å²) in [6.07, 6.45) is 2.10. The van der Waals surface area contributed by atoms with Crippen LogP contribution in [0.2, 0.25) is 5.02 Å². The van der Waals surface area contributed by atoms with Crippen LogP contribution in [0.15, 0.2) is 22.7 Å².